The first-order chi connectivity index (χ1) is 11.6. The molecule has 0 aliphatic carbocycles. The molecule has 1 N–H and O–H groups in total. The largest absolute Gasteiger partial charge is 0.507 e. The summed E-state index contributed by atoms with van der Waals surface area (Å²) >= 11 is 1.57. The average molecular weight is 359 g/mol. The van der Waals surface area contributed by atoms with Crippen molar-refractivity contribution in [1.82, 2.24) is 4.98 Å². The third-order valence-corrected chi connectivity index (χ3v) is 5.29. The second kappa shape index (κ2) is 6.13. The Morgan fingerprint density at radius 3 is 2.16 bits per heavy atom. The molecule has 0 fully saturated rings. The van der Waals surface area contributed by atoms with Gasteiger partial charge in [0.25, 0.3) is 0 Å². The van der Waals surface area contributed by atoms with Crippen LogP contribution >= 0.6 is 11.3 Å². The summed E-state index contributed by atoms with van der Waals surface area (Å²) in [5, 5.41) is 18.0. The highest BCUT2D eigenvalue weighted by atomic mass is 32.1. The number of rotatable bonds is 2. The van der Waals surface area contributed by atoms with Crippen LogP contribution in [-0.4, -0.2) is 15.8 Å². The summed E-state index contributed by atoms with van der Waals surface area (Å²) in [4.78, 5) is 10.0. The molecule has 1 aliphatic heterocycles. The minimum absolute atomic E-state index is 0.137. The molecule has 25 heavy (non-hydrogen) atoms. The van der Waals surface area contributed by atoms with Crippen LogP contribution < -0.4 is 0 Å². The zero-order valence-corrected chi connectivity index (χ0v) is 16.6. The number of oxime groups is 1. The van der Waals surface area contributed by atoms with Crippen molar-refractivity contribution in [2.75, 3.05) is 0 Å². The standard InChI is InChI=1S/C20H26N2O2S/c1-19(2,3)13-9-12(10-14(17(13)23)20(4,5)6)16-11-15(22-24-16)18-21-7-8-25-18/h7-10,16,23H,11H2,1-6H3. The molecule has 0 saturated carbocycles. The topological polar surface area (TPSA) is 54.7 Å². The number of benzene rings is 1. The molecule has 1 aromatic heterocycles. The molecule has 0 bridgehead atoms. The van der Waals surface area contributed by atoms with Crippen LogP contribution in [0.25, 0.3) is 0 Å². The van der Waals surface area contributed by atoms with Gasteiger partial charge in [0.05, 0.1) is 0 Å². The van der Waals surface area contributed by atoms with Crippen molar-refractivity contribution in [2.24, 2.45) is 5.16 Å². The normalized spacial score (nSPS) is 18.2. The maximum absolute atomic E-state index is 10.9. The zero-order valence-electron chi connectivity index (χ0n) is 15.8. The molecule has 1 unspecified atom stereocenters. The second-order valence-electron chi connectivity index (χ2n) is 8.64. The Balaban J connectivity index is 2.00. The summed E-state index contributed by atoms with van der Waals surface area (Å²) < 4.78 is 0. The van der Waals surface area contributed by atoms with Crippen molar-refractivity contribution in [2.45, 2.75) is 64.9 Å². The van der Waals surface area contributed by atoms with E-state index in [2.05, 4.69) is 63.8 Å². The maximum atomic E-state index is 10.9. The molecule has 134 valence electrons. The minimum Gasteiger partial charge on any atom is -0.507 e. The number of aromatic hydroxyl groups is 1. The predicted molar refractivity (Wildman–Crippen MR) is 103 cm³/mol. The fourth-order valence-corrected chi connectivity index (χ4v) is 3.66. The van der Waals surface area contributed by atoms with Gasteiger partial charge in [0.1, 0.15) is 16.5 Å². The third kappa shape index (κ3) is 3.56. The van der Waals surface area contributed by atoms with Crippen molar-refractivity contribution in [3.8, 4) is 5.75 Å². The van der Waals surface area contributed by atoms with E-state index in [9.17, 15) is 5.11 Å². The van der Waals surface area contributed by atoms with Gasteiger partial charge in [0.15, 0.2) is 6.10 Å². The van der Waals surface area contributed by atoms with E-state index >= 15 is 0 Å². The molecule has 2 aromatic rings. The van der Waals surface area contributed by atoms with Crippen molar-refractivity contribution in [1.29, 1.82) is 0 Å². The van der Waals surface area contributed by atoms with E-state index in [0.717, 1.165) is 27.4 Å². The number of hydrogen-bond acceptors (Lipinski definition) is 5. The van der Waals surface area contributed by atoms with Crippen molar-refractivity contribution >= 4 is 17.0 Å². The van der Waals surface area contributed by atoms with Gasteiger partial charge in [0.2, 0.25) is 0 Å². The molecule has 5 heteroatoms. The highest BCUT2D eigenvalue weighted by Gasteiger charge is 2.31. The van der Waals surface area contributed by atoms with Gasteiger partial charge in [-0.15, -0.1) is 11.3 Å². The van der Waals surface area contributed by atoms with Gasteiger partial charge in [-0.1, -0.05) is 46.7 Å². The summed E-state index contributed by atoms with van der Waals surface area (Å²) in [7, 11) is 0. The first-order valence-corrected chi connectivity index (χ1v) is 9.46. The highest BCUT2D eigenvalue weighted by molar-refractivity contribution is 7.11. The quantitative estimate of drug-likeness (QED) is 0.791. The molecule has 1 aliphatic rings. The number of phenols is 1. The number of nitrogens with zero attached hydrogens (tertiary/aromatic N) is 2. The van der Waals surface area contributed by atoms with Crippen LogP contribution in [0.1, 0.15) is 75.8 Å². The summed E-state index contributed by atoms with van der Waals surface area (Å²) in [5.41, 5.74) is 3.53. The predicted octanol–water partition coefficient (Wildman–Crippen LogP) is 5.31. The van der Waals surface area contributed by atoms with Gasteiger partial charge >= 0.3 is 0 Å². The van der Waals surface area contributed by atoms with Crippen LogP contribution in [0.5, 0.6) is 5.75 Å². The zero-order chi connectivity index (χ0) is 18.4. The van der Waals surface area contributed by atoms with Gasteiger partial charge in [-0.25, -0.2) is 4.98 Å². The number of phenolic OH excluding ortho intramolecular Hbond substituents is 1. The highest BCUT2D eigenvalue weighted by Crippen LogP contribution is 2.42. The van der Waals surface area contributed by atoms with Crippen molar-refractivity contribution in [3.63, 3.8) is 0 Å². The lowest BCUT2D eigenvalue weighted by molar-refractivity contribution is 0.0854. The lowest BCUT2D eigenvalue weighted by atomic mass is 9.77. The molecule has 0 radical (unpaired) electrons. The maximum Gasteiger partial charge on any atom is 0.158 e. The van der Waals surface area contributed by atoms with Gasteiger partial charge in [-0.3, -0.25) is 0 Å². The summed E-state index contributed by atoms with van der Waals surface area (Å²) in [6.45, 7) is 12.7. The van der Waals surface area contributed by atoms with Crippen LogP contribution in [0.2, 0.25) is 0 Å². The Hall–Kier alpha value is -1.88. The lowest BCUT2D eigenvalue weighted by Gasteiger charge is -2.29. The number of hydrogen-bond donors (Lipinski definition) is 1. The molecular weight excluding hydrogens is 332 g/mol. The van der Waals surface area contributed by atoms with Crippen LogP contribution in [0.3, 0.4) is 0 Å². The molecule has 0 spiro atoms. The molecule has 0 saturated heterocycles. The van der Waals surface area contributed by atoms with Crippen molar-refractivity contribution in [3.05, 3.63) is 45.4 Å². The SMILES string of the molecule is CC(C)(C)c1cc(C2CC(c3nccs3)=NO2)cc(C(C)(C)C)c1O. The number of thiazole rings is 1. The van der Waals surface area contributed by atoms with Gasteiger partial charge in [0, 0.05) is 18.0 Å². The Morgan fingerprint density at radius 2 is 1.68 bits per heavy atom. The van der Waals surface area contributed by atoms with Crippen LogP contribution in [0.15, 0.2) is 28.9 Å². The smallest absolute Gasteiger partial charge is 0.158 e. The first-order valence-electron chi connectivity index (χ1n) is 8.58. The van der Waals surface area contributed by atoms with Crippen LogP contribution in [-0.2, 0) is 15.7 Å². The fourth-order valence-electron chi connectivity index (χ4n) is 3.03. The van der Waals surface area contributed by atoms with E-state index in [1.165, 1.54) is 0 Å². The Morgan fingerprint density at radius 1 is 1.08 bits per heavy atom. The third-order valence-electron chi connectivity index (χ3n) is 4.47. The summed E-state index contributed by atoms with van der Waals surface area (Å²) in [6, 6.07) is 4.13. The Labute approximate surface area is 153 Å². The summed E-state index contributed by atoms with van der Waals surface area (Å²) in [5.74, 6) is 0.391. The van der Waals surface area contributed by atoms with E-state index < -0.39 is 0 Å². The molecule has 2 heterocycles. The molecule has 0 amide bonds. The van der Waals surface area contributed by atoms with Crippen LogP contribution in [0, 0.1) is 0 Å². The molecular formula is C20H26N2O2S. The monoisotopic (exact) mass is 358 g/mol. The molecule has 4 nitrogen and oxygen atoms in total. The summed E-state index contributed by atoms with van der Waals surface area (Å²) in [6.07, 6.45) is 2.35. The van der Waals surface area contributed by atoms with E-state index in [1.54, 1.807) is 17.5 Å². The fraction of sp³-hybridized carbons (Fsp3) is 0.500. The minimum atomic E-state index is -0.155. The second-order valence-corrected chi connectivity index (χ2v) is 9.53. The Kier molecular flexibility index (Phi) is 4.40. The van der Waals surface area contributed by atoms with Crippen LogP contribution in [0.4, 0.5) is 0 Å². The number of aromatic nitrogens is 1. The van der Waals surface area contributed by atoms with E-state index in [4.69, 9.17) is 4.84 Å². The van der Waals surface area contributed by atoms with E-state index in [1.807, 2.05) is 5.38 Å². The first kappa shape index (κ1) is 17.9. The molecule has 1 aromatic carbocycles. The van der Waals surface area contributed by atoms with Gasteiger partial charge < -0.3 is 9.94 Å². The average Bonchev–Trinajstić information content (AvgIpc) is 3.16. The van der Waals surface area contributed by atoms with Gasteiger partial charge in [-0.2, -0.15) is 0 Å². The van der Waals surface area contributed by atoms with E-state index in [-0.39, 0.29) is 16.9 Å². The Bertz CT molecular complexity index is 761. The van der Waals surface area contributed by atoms with Crippen molar-refractivity contribution < 1.29 is 9.94 Å². The van der Waals surface area contributed by atoms with E-state index in [0.29, 0.717) is 12.2 Å². The van der Waals surface area contributed by atoms with Gasteiger partial charge in [-0.05, 0) is 39.7 Å². The molecule has 3 rings (SSSR count). The molecule has 1 atom stereocenters. The lowest BCUT2D eigenvalue weighted by Crippen LogP contribution is -2.18.